The molecule has 0 spiro atoms. The molecule has 1 aromatic rings. The molecule has 0 unspecified atom stereocenters. The zero-order valence-electron chi connectivity index (χ0n) is 15.4. The normalized spacial score (nSPS) is 21.2. The highest BCUT2D eigenvalue weighted by Gasteiger charge is 2.36. The SMILES string of the molecule is CN(C)c1ccc(/C=C2\SC(=O)N(CC(=O)NC[C@@H]3CCCO3)C2=O)cc1. The topological polar surface area (TPSA) is 79.0 Å². The van der Waals surface area contributed by atoms with Gasteiger partial charge in [-0.15, -0.1) is 0 Å². The fraction of sp³-hybridized carbons (Fsp3) is 0.421. The van der Waals surface area contributed by atoms with Gasteiger partial charge < -0.3 is 15.0 Å². The van der Waals surface area contributed by atoms with Crippen LogP contribution in [0.15, 0.2) is 29.2 Å². The Kier molecular flexibility index (Phi) is 6.18. The maximum Gasteiger partial charge on any atom is 0.294 e. The summed E-state index contributed by atoms with van der Waals surface area (Å²) in [7, 11) is 3.90. The van der Waals surface area contributed by atoms with Crippen LogP contribution >= 0.6 is 11.8 Å². The maximum absolute atomic E-state index is 12.5. The van der Waals surface area contributed by atoms with Crippen LogP contribution in [0.2, 0.25) is 0 Å². The van der Waals surface area contributed by atoms with Crippen molar-refractivity contribution in [3.05, 3.63) is 34.7 Å². The van der Waals surface area contributed by atoms with E-state index < -0.39 is 11.1 Å². The molecule has 2 saturated heterocycles. The number of hydrogen-bond donors (Lipinski definition) is 1. The van der Waals surface area contributed by atoms with Crippen LogP contribution in [-0.2, 0) is 14.3 Å². The van der Waals surface area contributed by atoms with Gasteiger partial charge in [0.05, 0.1) is 11.0 Å². The van der Waals surface area contributed by atoms with Crippen molar-refractivity contribution < 1.29 is 19.1 Å². The van der Waals surface area contributed by atoms with Gasteiger partial charge in [-0.3, -0.25) is 19.3 Å². The number of nitrogens with zero attached hydrogens (tertiary/aromatic N) is 2. The van der Waals surface area contributed by atoms with Gasteiger partial charge in [-0.1, -0.05) is 12.1 Å². The van der Waals surface area contributed by atoms with Crippen LogP contribution in [0.4, 0.5) is 10.5 Å². The van der Waals surface area contributed by atoms with Gasteiger partial charge in [-0.25, -0.2) is 0 Å². The highest BCUT2D eigenvalue weighted by atomic mass is 32.2. The van der Waals surface area contributed by atoms with Crippen molar-refractivity contribution in [2.45, 2.75) is 18.9 Å². The molecule has 0 aromatic heterocycles. The lowest BCUT2D eigenvalue weighted by molar-refractivity contribution is -0.129. The zero-order chi connectivity index (χ0) is 19.4. The maximum atomic E-state index is 12.5. The van der Waals surface area contributed by atoms with Crippen molar-refractivity contribution in [3.63, 3.8) is 0 Å². The van der Waals surface area contributed by atoms with Crippen molar-refractivity contribution in [2.24, 2.45) is 0 Å². The smallest absolute Gasteiger partial charge is 0.294 e. The molecule has 8 heteroatoms. The molecule has 2 aliphatic heterocycles. The molecule has 3 amide bonds. The average molecular weight is 389 g/mol. The Bertz CT molecular complexity index is 755. The van der Waals surface area contributed by atoms with E-state index >= 15 is 0 Å². The second-order valence-electron chi connectivity index (χ2n) is 6.69. The molecule has 2 heterocycles. The second kappa shape index (κ2) is 8.58. The fourth-order valence-electron chi connectivity index (χ4n) is 2.89. The largest absolute Gasteiger partial charge is 0.378 e. The Morgan fingerprint density at radius 2 is 2.07 bits per heavy atom. The van der Waals surface area contributed by atoms with Crippen LogP contribution in [0.1, 0.15) is 18.4 Å². The Morgan fingerprint density at radius 1 is 1.33 bits per heavy atom. The number of benzene rings is 1. The Balaban J connectivity index is 1.59. The first-order valence-corrected chi connectivity index (χ1v) is 9.67. The van der Waals surface area contributed by atoms with Crippen LogP contribution in [0.3, 0.4) is 0 Å². The minimum atomic E-state index is -0.436. The van der Waals surface area contributed by atoms with Crippen LogP contribution in [0.5, 0.6) is 0 Å². The molecule has 2 fully saturated rings. The molecule has 27 heavy (non-hydrogen) atoms. The summed E-state index contributed by atoms with van der Waals surface area (Å²) in [6, 6.07) is 7.65. The minimum Gasteiger partial charge on any atom is -0.378 e. The van der Waals surface area contributed by atoms with E-state index in [1.54, 1.807) is 6.08 Å². The summed E-state index contributed by atoms with van der Waals surface area (Å²) in [5.74, 6) is -0.793. The minimum absolute atomic E-state index is 0.0221. The first kappa shape index (κ1) is 19.4. The predicted molar refractivity (Wildman–Crippen MR) is 105 cm³/mol. The number of carbonyl (C=O) groups is 3. The first-order valence-electron chi connectivity index (χ1n) is 8.85. The van der Waals surface area contributed by atoms with Gasteiger partial charge >= 0.3 is 0 Å². The predicted octanol–water partition coefficient (Wildman–Crippen LogP) is 2.08. The second-order valence-corrected chi connectivity index (χ2v) is 7.69. The third-order valence-electron chi connectivity index (χ3n) is 4.43. The summed E-state index contributed by atoms with van der Waals surface area (Å²) >= 11 is 0.856. The summed E-state index contributed by atoms with van der Waals surface area (Å²) in [6.45, 7) is 0.849. The van der Waals surface area contributed by atoms with Gasteiger partial charge in [-0.05, 0) is 48.4 Å². The lowest BCUT2D eigenvalue weighted by Crippen LogP contribution is -2.41. The molecule has 3 rings (SSSR count). The number of nitrogens with one attached hydrogen (secondary N) is 1. The summed E-state index contributed by atoms with van der Waals surface area (Å²) in [5, 5.41) is 2.30. The average Bonchev–Trinajstić information content (AvgIpc) is 3.25. The first-order chi connectivity index (χ1) is 12.9. The molecule has 1 atom stereocenters. The van der Waals surface area contributed by atoms with Gasteiger partial charge in [0, 0.05) is 32.9 Å². The molecule has 0 saturated carbocycles. The Morgan fingerprint density at radius 3 is 2.70 bits per heavy atom. The van der Waals surface area contributed by atoms with Crippen LogP contribution in [0.25, 0.3) is 6.08 Å². The van der Waals surface area contributed by atoms with Gasteiger partial charge in [0.1, 0.15) is 6.54 Å². The molecule has 1 aromatic carbocycles. The number of thioether (sulfide) groups is 1. The van der Waals surface area contributed by atoms with E-state index in [4.69, 9.17) is 4.74 Å². The number of anilines is 1. The highest BCUT2D eigenvalue weighted by molar-refractivity contribution is 8.18. The van der Waals surface area contributed by atoms with E-state index in [9.17, 15) is 14.4 Å². The molecule has 144 valence electrons. The Labute approximate surface area is 162 Å². The molecule has 0 bridgehead atoms. The van der Waals surface area contributed by atoms with Crippen molar-refractivity contribution in [3.8, 4) is 0 Å². The number of carbonyl (C=O) groups excluding carboxylic acids is 3. The fourth-order valence-corrected chi connectivity index (χ4v) is 3.73. The van der Waals surface area contributed by atoms with E-state index in [-0.39, 0.29) is 18.6 Å². The van der Waals surface area contributed by atoms with Gasteiger partial charge in [0.2, 0.25) is 5.91 Å². The number of hydrogen-bond acceptors (Lipinski definition) is 6. The number of rotatable bonds is 6. The van der Waals surface area contributed by atoms with Crippen LogP contribution < -0.4 is 10.2 Å². The molecule has 0 radical (unpaired) electrons. The summed E-state index contributed by atoms with van der Waals surface area (Å²) < 4.78 is 5.44. The standard InChI is InChI=1S/C19H23N3O4S/c1-21(2)14-7-5-13(6-8-14)10-16-18(24)22(19(25)27-16)12-17(23)20-11-15-4-3-9-26-15/h5-8,10,15H,3-4,9,11-12H2,1-2H3,(H,20,23)/b16-10-/t15-/m0/s1. The van der Waals surface area contributed by atoms with Crippen LogP contribution in [0, 0.1) is 0 Å². The van der Waals surface area contributed by atoms with E-state index in [1.807, 2.05) is 43.3 Å². The lowest BCUT2D eigenvalue weighted by atomic mass is 10.2. The summed E-state index contributed by atoms with van der Waals surface area (Å²) in [4.78, 5) is 40.0. The number of ether oxygens (including phenoxy) is 1. The van der Waals surface area contributed by atoms with Gasteiger partial charge in [0.25, 0.3) is 11.1 Å². The number of amides is 3. The summed E-state index contributed by atoms with van der Waals surface area (Å²) in [6.07, 6.45) is 3.60. The van der Waals surface area contributed by atoms with Crippen molar-refractivity contribution >= 4 is 40.6 Å². The molecule has 7 nitrogen and oxygen atoms in total. The Hall–Kier alpha value is -2.32. The van der Waals surface area contributed by atoms with Crippen LogP contribution in [-0.4, -0.2) is 61.8 Å². The molecule has 0 aliphatic carbocycles. The van der Waals surface area contributed by atoms with Gasteiger partial charge in [0.15, 0.2) is 0 Å². The van der Waals surface area contributed by atoms with E-state index in [0.29, 0.717) is 18.1 Å². The molecular weight excluding hydrogens is 366 g/mol. The lowest BCUT2D eigenvalue weighted by Gasteiger charge is -2.14. The monoisotopic (exact) mass is 389 g/mol. The van der Waals surface area contributed by atoms with E-state index in [0.717, 1.165) is 40.8 Å². The molecule has 2 aliphatic rings. The molecule has 1 N–H and O–H groups in total. The quantitative estimate of drug-likeness (QED) is 0.751. The zero-order valence-corrected chi connectivity index (χ0v) is 16.3. The van der Waals surface area contributed by atoms with Crippen molar-refractivity contribution in [1.29, 1.82) is 0 Å². The molecular formula is C19H23N3O4S. The third-order valence-corrected chi connectivity index (χ3v) is 5.34. The van der Waals surface area contributed by atoms with E-state index in [2.05, 4.69) is 5.32 Å². The summed E-state index contributed by atoms with van der Waals surface area (Å²) in [5.41, 5.74) is 1.87. The number of imide groups is 1. The highest BCUT2D eigenvalue weighted by Crippen LogP contribution is 2.32. The van der Waals surface area contributed by atoms with Gasteiger partial charge in [-0.2, -0.15) is 0 Å². The van der Waals surface area contributed by atoms with Crippen molar-refractivity contribution in [1.82, 2.24) is 10.2 Å². The van der Waals surface area contributed by atoms with E-state index in [1.165, 1.54) is 0 Å². The third kappa shape index (κ3) is 4.90. The van der Waals surface area contributed by atoms with Crippen molar-refractivity contribution in [2.75, 3.05) is 38.7 Å².